The van der Waals surface area contributed by atoms with Crippen molar-refractivity contribution in [2.75, 3.05) is 31.1 Å². The minimum Gasteiger partial charge on any atom is -0.569 e. The Kier molecular flexibility index (Phi) is 5.39. The smallest absolute Gasteiger partial charge is 0.569 e. The van der Waals surface area contributed by atoms with E-state index in [1.165, 1.54) is 5.01 Å². The Balaban J connectivity index is 0.00000144. The van der Waals surface area contributed by atoms with Crippen molar-refractivity contribution < 1.29 is 39.7 Å². The van der Waals surface area contributed by atoms with Gasteiger partial charge in [0.2, 0.25) is 11.2 Å². The maximum atomic E-state index is 11.0. The third kappa shape index (κ3) is 3.42. The van der Waals surface area contributed by atoms with E-state index in [-0.39, 0.29) is 34.5 Å². The first-order valence-corrected chi connectivity index (χ1v) is 4.90. The molecule has 9 heteroatoms. The van der Waals surface area contributed by atoms with Crippen LogP contribution >= 0.6 is 0 Å². The molecule has 0 spiro atoms. The van der Waals surface area contributed by atoms with Crippen LogP contribution in [-0.4, -0.2) is 51.3 Å². The molecule has 1 aliphatic heterocycles. The van der Waals surface area contributed by atoms with E-state index in [4.69, 9.17) is 5.21 Å². The van der Waals surface area contributed by atoms with Gasteiger partial charge in [0, 0.05) is 25.5 Å². The monoisotopic (exact) mass is 247 g/mol. The zero-order valence-electron chi connectivity index (χ0n) is 9.60. The zero-order valence-corrected chi connectivity index (χ0v) is 11.6. The van der Waals surface area contributed by atoms with Crippen molar-refractivity contribution in [3.05, 3.63) is 23.7 Å². The van der Waals surface area contributed by atoms with Gasteiger partial charge in [-0.3, -0.25) is 0 Å². The van der Waals surface area contributed by atoms with E-state index < -0.39 is 0 Å². The van der Waals surface area contributed by atoms with Crippen LogP contribution in [0.5, 0.6) is 0 Å². The average molecular weight is 247 g/mol. The molecule has 1 aromatic heterocycles. The van der Waals surface area contributed by atoms with Crippen molar-refractivity contribution >= 4 is 5.95 Å². The molecule has 0 atom stereocenters. The second-order valence-corrected chi connectivity index (χ2v) is 3.33. The topological polar surface area (TPSA) is 90.9 Å². The molecule has 0 amide bonds. The molecule has 0 radical (unpaired) electrons. The van der Waals surface area contributed by atoms with Crippen LogP contribution in [0.25, 0.3) is 0 Å². The molecule has 1 N–H and O–H groups in total. The quantitative estimate of drug-likeness (QED) is 0.257. The Morgan fingerprint density at radius 3 is 2.35 bits per heavy atom. The summed E-state index contributed by atoms with van der Waals surface area (Å²) < 4.78 is 0. The Hall–Kier alpha value is -1.12. The van der Waals surface area contributed by atoms with Crippen LogP contribution in [0.4, 0.5) is 5.95 Å². The van der Waals surface area contributed by atoms with Crippen molar-refractivity contribution in [2.24, 2.45) is 5.28 Å². The van der Waals surface area contributed by atoms with Gasteiger partial charge in [-0.15, -0.1) is 5.01 Å². The minimum atomic E-state index is 0. The molecule has 86 valence electrons. The summed E-state index contributed by atoms with van der Waals surface area (Å²) in [6.45, 7) is 2.20. The summed E-state index contributed by atoms with van der Waals surface area (Å²) in [4.78, 5) is 10.4. The largest absolute Gasteiger partial charge is 1.00 e. The number of hydrogen-bond acceptors (Lipinski definition) is 5. The summed E-state index contributed by atoms with van der Waals surface area (Å²) in [5, 5.41) is 23.3. The Labute approximate surface area is 120 Å². The molecule has 0 aromatic carbocycles. The van der Waals surface area contributed by atoms with Crippen LogP contribution in [0.2, 0.25) is 0 Å². The molecule has 0 saturated carbocycles. The number of hydrazine groups is 1. The number of piperazine rings is 1. The van der Waals surface area contributed by atoms with Gasteiger partial charge in [-0.25, -0.2) is 9.97 Å². The maximum absolute atomic E-state index is 11.0. The summed E-state index contributed by atoms with van der Waals surface area (Å²) in [6.07, 6.45) is 3.36. The number of anilines is 1. The summed E-state index contributed by atoms with van der Waals surface area (Å²) in [7, 11) is 0. The number of hydrogen-bond donors (Lipinski definition) is 1. The predicted molar refractivity (Wildman–Crippen MR) is 53.7 cm³/mol. The molecule has 0 unspecified atom stereocenters. The van der Waals surface area contributed by atoms with Crippen LogP contribution < -0.4 is 34.5 Å². The van der Waals surface area contributed by atoms with Crippen molar-refractivity contribution in [3.63, 3.8) is 0 Å². The van der Waals surface area contributed by atoms with E-state index in [9.17, 15) is 5.21 Å². The maximum Gasteiger partial charge on any atom is 1.00 e. The molecule has 17 heavy (non-hydrogen) atoms. The summed E-state index contributed by atoms with van der Waals surface area (Å²) in [5.74, 6) is 0.653. The molecule has 1 fully saturated rings. The van der Waals surface area contributed by atoms with Crippen molar-refractivity contribution in [2.45, 2.75) is 0 Å². The summed E-state index contributed by atoms with van der Waals surface area (Å²) >= 11 is 0. The van der Waals surface area contributed by atoms with Crippen LogP contribution in [0.15, 0.2) is 23.7 Å². The predicted octanol–water partition coefficient (Wildman–Crippen LogP) is -3.13. The van der Waals surface area contributed by atoms with E-state index in [1.54, 1.807) is 18.5 Å². The molecular formula is C8H12N6NaO2+. The molecule has 1 saturated heterocycles. The van der Waals surface area contributed by atoms with Crippen molar-refractivity contribution in [1.29, 1.82) is 0 Å². The van der Waals surface area contributed by atoms with Gasteiger partial charge in [0.05, 0.1) is 18.1 Å². The van der Waals surface area contributed by atoms with Gasteiger partial charge in [0.25, 0.3) is 0 Å². The van der Waals surface area contributed by atoms with E-state index in [0.717, 1.165) is 0 Å². The van der Waals surface area contributed by atoms with Gasteiger partial charge >= 0.3 is 29.6 Å². The van der Waals surface area contributed by atoms with Gasteiger partial charge in [-0.1, -0.05) is 0 Å². The van der Waals surface area contributed by atoms with E-state index in [0.29, 0.717) is 32.1 Å². The van der Waals surface area contributed by atoms with Gasteiger partial charge in [-0.05, 0) is 6.07 Å². The standard InChI is InChI=1S/C8H12N6O2.Na/c15-11-14(16)13-6-4-12(5-7-13)8-9-2-1-3-10-8;/h1-3,15H,4-7H2;/q;+1. The molecular weight excluding hydrogens is 235 g/mol. The minimum absolute atomic E-state index is 0. The van der Waals surface area contributed by atoms with Crippen molar-refractivity contribution in [3.8, 4) is 0 Å². The third-order valence-corrected chi connectivity index (χ3v) is 2.41. The molecule has 2 heterocycles. The second kappa shape index (κ2) is 6.58. The van der Waals surface area contributed by atoms with Gasteiger partial charge in [0.1, 0.15) is 0 Å². The van der Waals surface area contributed by atoms with Gasteiger partial charge in [0.15, 0.2) is 0 Å². The fourth-order valence-electron chi connectivity index (χ4n) is 1.58. The first-order valence-electron chi connectivity index (χ1n) is 4.90. The first kappa shape index (κ1) is 13.9. The number of aromatic nitrogens is 2. The fourth-order valence-corrected chi connectivity index (χ4v) is 1.58. The van der Waals surface area contributed by atoms with Gasteiger partial charge < -0.3 is 15.3 Å². The van der Waals surface area contributed by atoms with E-state index in [2.05, 4.69) is 15.2 Å². The first-order chi connectivity index (χ1) is 7.81. The van der Waals surface area contributed by atoms with Crippen LogP contribution in [-0.2, 0) is 0 Å². The average Bonchev–Trinajstić information content (AvgIpc) is 2.39. The zero-order chi connectivity index (χ0) is 11.4. The normalized spacial score (nSPS) is 16.6. The van der Waals surface area contributed by atoms with Crippen LogP contribution in [0.1, 0.15) is 0 Å². The Bertz CT molecular complexity index is 368. The molecule has 2 rings (SSSR count). The van der Waals surface area contributed by atoms with Crippen LogP contribution in [0.3, 0.4) is 0 Å². The molecule has 1 aromatic rings. The summed E-state index contributed by atoms with van der Waals surface area (Å²) in [5.41, 5.74) is 0. The third-order valence-electron chi connectivity index (χ3n) is 2.41. The summed E-state index contributed by atoms with van der Waals surface area (Å²) in [6, 6.07) is 1.75. The molecule has 1 aliphatic rings. The number of rotatable bonds is 2. The van der Waals surface area contributed by atoms with Gasteiger partial charge in [-0.2, -0.15) is 0 Å². The fraction of sp³-hybridized carbons (Fsp3) is 0.500. The second-order valence-electron chi connectivity index (χ2n) is 3.33. The number of nitrogens with zero attached hydrogens (tertiary/aromatic N) is 6. The van der Waals surface area contributed by atoms with Crippen LogP contribution in [0, 0.1) is 5.21 Å². The van der Waals surface area contributed by atoms with E-state index >= 15 is 0 Å². The molecule has 8 nitrogen and oxygen atoms in total. The SMILES string of the molecule is [Na+].[O-][N+](=NO)N1CCN(c2ncccn2)CC1. The Morgan fingerprint density at radius 2 is 1.82 bits per heavy atom. The van der Waals surface area contributed by atoms with Crippen molar-refractivity contribution in [1.82, 2.24) is 15.0 Å². The van der Waals surface area contributed by atoms with E-state index in [1.807, 2.05) is 4.90 Å². The molecule has 0 bridgehead atoms. The molecule has 0 aliphatic carbocycles. The Morgan fingerprint density at radius 1 is 1.24 bits per heavy atom.